The van der Waals surface area contributed by atoms with Crippen LogP contribution in [0.1, 0.15) is 30.5 Å². The Morgan fingerprint density at radius 3 is 2.72 bits per heavy atom. The third-order valence-electron chi connectivity index (χ3n) is 3.21. The molecule has 1 heterocycles. The van der Waals surface area contributed by atoms with Crippen LogP contribution in [-0.2, 0) is 4.79 Å². The lowest BCUT2D eigenvalue weighted by atomic mass is 10.0. The molecule has 0 spiro atoms. The van der Waals surface area contributed by atoms with E-state index in [0.717, 1.165) is 0 Å². The Balaban J connectivity index is 2.11. The number of aryl methyl sites for hydroxylation is 1. The first-order chi connectivity index (χ1) is 8.47. The highest BCUT2D eigenvalue weighted by atomic mass is 19.1. The van der Waals surface area contributed by atoms with Crippen molar-refractivity contribution in [1.82, 2.24) is 10.6 Å². The van der Waals surface area contributed by atoms with Gasteiger partial charge < -0.3 is 10.6 Å². The van der Waals surface area contributed by atoms with Gasteiger partial charge in [0.05, 0.1) is 0 Å². The standard InChI is InChI=1S/C13H16F2N2O/c1-7-3-12(15)10(5-11(7)14)8(2)17-9-4-13(18)16-6-9/h3,5,8-9,17H,4,6H2,1-2H3,(H,16,18). The maximum absolute atomic E-state index is 13.7. The van der Waals surface area contributed by atoms with E-state index in [1.165, 1.54) is 19.1 Å². The minimum absolute atomic E-state index is 0.0183. The smallest absolute Gasteiger partial charge is 0.221 e. The second kappa shape index (κ2) is 5.02. The molecule has 3 nitrogen and oxygen atoms in total. The van der Waals surface area contributed by atoms with E-state index in [0.29, 0.717) is 18.5 Å². The summed E-state index contributed by atoms with van der Waals surface area (Å²) in [6.45, 7) is 3.81. The molecule has 1 aromatic carbocycles. The molecule has 0 saturated carbocycles. The Labute approximate surface area is 105 Å². The van der Waals surface area contributed by atoms with Crippen molar-refractivity contribution in [3.8, 4) is 0 Å². The third kappa shape index (κ3) is 2.67. The first-order valence-corrected chi connectivity index (χ1v) is 5.95. The molecule has 1 amide bonds. The van der Waals surface area contributed by atoms with Gasteiger partial charge >= 0.3 is 0 Å². The molecule has 0 radical (unpaired) electrons. The minimum Gasteiger partial charge on any atom is -0.354 e. The number of carbonyl (C=O) groups excluding carboxylic acids is 1. The lowest BCUT2D eigenvalue weighted by Gasteiger charge is -2.19. The Bertz CT molecular complexity index is 476. The van der Waals surface area contributed by atoms with Crippen molar-refractivity contribution in [2.75, 3.05) is 6.54 Å². The zero-order chi connectivity index (χ0) is 13.3. The van der Waals surface area contributed by atoms with Crippen LogP contribution in [-0.4, -0.2) is 18.5 Å². The molecule has 2 atom stereocenters. The maximum atomic E-state index is 13.7. The van der Waals surface area contributed by atoms with Crippen molar-refractivity contribution in [1.29, 1.82) is 0 Å². The molecule has 1 aliphatic rings. The zero-order valence-corrected chi connectivity index (χ0v) is 10.4. The predicted octanol–water partition coefficient (Wildman–Crippen LogP) is 1.81. The van der Waals surface area contributed by atoms with Gasteiger partial charge in [-0.25, -0.2) is 8.78 Å². The number of rotatable bonds is 3. The van der Waals surface area contributed by atoms with Crippen LogP contribution < -0.4 is 10.6 Å². The molecular weight excluding hydrogens is 238 g/mol. The van der Waals surface area contributed by atoms with Crippen molar-refractivity contribution < 1.29 is 13.6 Å². The second-order valence-electron chi connectivity index (χ2n) is 4.72. The molecule has 1 aliphatic heterocycles. The molecule has 5 heteroatoms. The zero-order valence-electron chi connectivity index (χ0n) is 10.4. The summed E-state index contributed by atoms with van der Waals surface area (Å²) in [6, 6.07) is 2.04. The van der Waals surface area contributed by atoms with Gasteiger partial charge in [0.15, 0.2) is 0 Å². The fourth-order valence-electron chi connectivity index (χ4n) is 2.16. The summed E-state index contributed by atoms with van der Waals surface area (Å²) in [5, 5.41) is 5.82. The fourth-order valence-corrected chi connectivity index (χ4v) is 2.16. The van der Waals surface area contributed by atoms with Gasteiger partial charge in [-0.3, -0.25) is 4.79 Å². The molecule has 1 saturated heterocycles. The summed E-state index contributed by atoms with van der Waals surface area (Å²) < 4.78 is 27.2. The SMILES string of the molecule is Cc1cc(F)c(C(C)NC2CNC(=O)C2)cc1F. The van der Waals surface area contributed by atoms with Crippen LogP contribution in [0.15, 0.2) is 12.1 Å². The monoisotopic (exact) mass is 254 g/mol. The Morgan fingerprint density at radius 1 is 1.39 bits per heavy atom. The Morgan fingerprint density at radius 2 is 2.11 bits per heavy atom. The van der Waals surface area contributed by atoms with Crippen LogP contribution in [0.3, 0.4) is 0 Å². The summed E-state index contributed by atoms with van der Waals surface area (Å²) in [4.78, 5) is 11.1. The highest BCUT2D eigenvalue weighted by molar-refractivity contribution is 5.78. The number of nitrogens with one attached hydrogen (secondary N) is 2. The van der Waals surface area contributed by atoms with E-state index in [9.17, 15) is 13.6 Å². The van der Waals surface area contributed by atoms with Crippen molar-refractivity contribution in [2.24, 2.45) is 0 Å². The molecule has 2 N–H and O–H groups in total. The summed E-state index contributed by atoms with van der Waals surface area (Å²) in [5.41, 5.74) is 0.582. The van der Waals surface area contributed by atoms with Gasteiger partial charge in [0.1, 0.15) is 11.6 Å². The predicted molar refractivity (Wildman–Crippen MR) is 64.1 cm³/mol. The summed E-state index contributed by atoms with van der Waals surface area (Å²) in [6.07, 6.45) is 0.375. The minimum atomic E-state index is -0.425. The van der Waals surface area contributed by atoms with E-state index >= 15 is 0 Å². The van der Waals surface area contributed by atoms with Gasteiger partial charge in [0, 0.05) is 30.6 Å². The number of amides is 1. The van der Waals surface area contributed by atoms with Crippen LogP contribution in [0, 0.1) is 18.6 Å². The third-order valence-corrected chi connectivity index (χ3v) is 3.21. The largest absolute Gasteiger partial charge is 0.354 e. The molecule has 0 aliphatic carbocycles. The highest BCUT2D eigenvalue weighted by Gasteiger charge is 2.24. The average Bonchev–Trinajstić information content (AvgIpc) is 2.69. The van der Waals surface area contributed by atoms with E-state index in [2.05, 4.69) is 10.6 Å². The topological polar surface area (TPSA) is 41.1 Å². The molecular formula is C13H16F2N2O. The summed E-state index contributed by atoms with van der Waals surface area (Å²) >= 11 is 0. The molecule has 0 bridgehead atoms. The molecule has 0 aromatic heterocycles. The van der Waals surface area contributed by atoms with Crippen molar-refractivity contribution in [2.45, 2.75) is 32.4 Å². The number of carbonyl (C=O) groups is 1. The number of halogens is 2. The number of benzene rings is 1. The number of hydrogen-bond acceptors (Lipinski definition) is 2. The van der Waals surface area contributed by atoms with Gasteiger partial charge in [-0.05, 0) is 31.5 Å². The summed E-state index contributed by atoms with van der Waals surface area (Å²) in [7, 11) is 0. The van der Waals surface area contributed by atoms with E-state index in [-0.39, 0.29) is 23.6 Å². The van der Waals surface area contributed by atoms with Crippen LogP contribution in [0.25, 0.3) is 0 Å². The first-order valence-electron chi connectivity index (χ1n) is 5.95. The van der Waals surface area contributed by atoms with Crippen molar-refractivity contribution in [3.63, 3.8) is 0 Å². The van der Waals surface area contributed by atoms with Gasteiger partial charge in [-0.1, -0.05) is 0 Å². The molecule has 1 aromatic rings. The molecule has 1 fully saturated rings. The molecule has 2 rings (SSSR count). The van der Waals surface area contributed by atoms with Crippen LogP contribution in [0.5, 0.6) is 0 Å². The molecule has 98 valence electrons. The van der Waals surface area contributed by atoms with Crippen LogP contribution >= 0.6 is 0 Å². The van der Waals surface area contributed by atoms with E-state index in [1.54, 1.807) is 6.92 Å². The highest BCUT2D eigenvalue weighted by Crippen LogP contribution is 2.21. The molecule has 18 heavy (non-hydrogen) atoms. The quantitative estimate of drug-likeness (QED) is 0.863. The lowest BCUT2D eigenvalue weighted by molar-refractivity contribution is -0.119. The summed E-state index contributed by atoms with van der Waals surface area (Å²) in [5.74, 6) is -0.859. The molecule has 2 unspecified atom stereocenters. The average molecular weight is 254 g/mol. The Kier molecular flexibility index (Phi) is 3.61. The van der Waals surface area contributed by atoms with Gasteiger partial charge in [0.25, 0.3) is 0 Å². The maximum Gasteiger partial charge on any atom is 0.221 e. The van der Waals surface area contributed by atoms with Gasteiger partial charge in [-0.2, -0.15) is 0 Å². The van der Waals surface area contributed by atoms with Crippen molar-refractivity contribution >= 4 is 5.91 Å². The van der Waals surface area contributed by atoms with Crippen molar-refractivity contribution in [3.05, 3.63) is 34.9 Å². The second-order valence-corrected chi connectivity index (χ2v) is 4.72. The van der Waals surface area contributed by atoms with E-state index in [4.69, 9.17) is 0 Å². The van der Waals surface area contributed by atoms with E-state index < -0.39 is 11.6 Å². The fraction of sp³-hybridized carbons (Fsp3) is 0.462. The van der Waals surface area contributed by atoms with Crippen LogP contribution in [0.2, 0.25) is 0 Å². The van der Waals surface area contributed by atoms with Gasteiger partial charge in [0.2, 0.25) is 5.91 Å². The van der Waals surface area contributed by atoms with E-state index in [1.807, 2.05) is 0 Å². The van der Waals surface area contributed by atoms with Gasteiger partial charge in [-0.15, -0.1) is 0 Å². The normalized spacial score (nSPS) is 20.9. The first kappa shape index (κ1) is 13.0. The van der Waals surface area contributed by atoms with Crippen LogP contribution in [0.4, 0.5) is 8.78 Å². The lowest BCUT2D eigenvalue weighted by Crippen LogP contribution is -2.33. The number of hydrogen-bond donors (Lipinski definition) is 2. The Hall–Kier alpha value is -1.49.